The molecule has 0 unspecified atom stereocenters. The van der Waals surface area contributed by atoms with E-state index < -0.39 is 11.8 Å². The highest BCUT2D eigenvalue weighted by Crippen LogP contribution is 2.14. The second-order valence-electron chi connectivity index (χ2n) is 4.99. The van der Waals surface area contributed by atoms with E-state index in [1.54, 1.807) is 24.3 Å². The zero-order chi connectivity index (χ0) is 17.6. The van der Waals surface area contributed by atoms with E-state index in [2.05, 4.69) is 26.3 Å². The van der Waals surface area contributed by atoms with E-state index >= 15 is 0 Å². The van der Waals surface area contributed by atoms with Crippen molar-refractivity contribution in [1.82, 2.24) is 31.1 Å². The van der Waals surface area contributed by atoms with Crippen LogP contribution in [-0.4, -0.2) is 32.0 Å². The Morgan fingerprint density at radius 3 is 2.48 bits per heavy atom. The summed E-state index contributed by atoms with van der Waals surface area (Å²) in [5.41, 5.74) is 5.62. The van der Waals surface area contributed by atoms with Gasteiger partial charge in [0.2, 0.25) is 5.82 Å². The number of benzene rings is 2. The number of hydrazine groups is 1. The molecular formula is C16H13ClN6O2. The number of rotatable bonds is 4. The Hall–Kier alpha value is -3.26. The molecule has 0 spiro atoms. The van der Waals surface area contributed by atoms with Crippen LogP contribution in [0.15, 0.2) is 54.6 Å². The molecule has 9 heteroatoms. The lowest BCUT2D eigenvalue weighted by atomic mass is 10.2. The summed E-state index contributed by atoms with van der Waals surface area (Å²) in [6, 6.07) is 15.8. The van der Waals surface area contributed by atoms with E-state index in [1.165, 1.54) is 0 Å². The lowest BCUT2D eigenvalue weighted by molar-refractivity contribution is -0.122. The number of carbonyl (C=O) groups is 2. The molecular weight excluding hydrogens is 344 g/mol. The van der Waals surface area contributed by atoms with Crippen molar-refractivity contribution >= 4 is 23.4 Å². The first-order chi connectivity index (χ1) is 12.1. The summed E-state index contributed by atoms with van der Waals surface area (Å²) in [5.74, 6) is -0.610. The summed E-state index contributed by atoms with van der Waals surface area (Å²) in [5, 5.41) is 12.1. The number of carbonyl (C=O) groups excluding carboxylic acids is 2. The Bertz CT molecular complexity index is 896. The monoisotopic (exact) mass is 356 g/mol. The van der Waals surface area contributed by atoms with Crippen molar-refractivity contribution in [2.24, 2.45) is 0 Å². The zero-order valence-electron chi connectivity index (χ0n) is 12.9. The van der Waals surface area contributed by atoms with Crippen molar-refractivity contribution in [2.75, 3.05) is 0 Å². The van der Waals surface area contributed by atoms with Crippen LogP contribution in [0.2, 0.25) is 5.02 Å². The maximum Gasteiger partial charge on any atom is 0.271 e. The standard InChI is InChI=1S/C16H13ClN6O2/c17-13-9-5-4-8-12(13)16(25)20-18-14(24)10-23-21-15(19-22-23)11-6-2-1-3-7-11/h1-9H,10H2,(H,18,24)(H,20,25). The predicted molar refractivity (Wildman–Crippen MR) is 90.3 cm³/mol. The SMILES string of the molecule is O=C(Cn1nnc(-c2ccccc2)n1)NNC(=O)c1ccccc1Cl. The van der Waals surface area contributed by atoms with Crippen LogP contribution in [0.1, 0.15) is 10.4 Å². The van der Waals surface area contributed by atoms with E-state index in [4.69, 9.17) is 11.6 Å². The summed E-state index contributed by atoms with van der Waals surface area (Å²) in [4.78, 5) is 25.0. The van der Waals surface area contributed by atoms with Crippen LogP contribution in [-0.2, 0) is 11.3 Å². The van der Waals surface area contributed by atoms with Gasteiger partial charge in [-0.05, 0) is 17.3 Å². The molecule has 0 atom stereocenters. The predicted octanol–water partition coefficient (Wildman–Crippen LogP) is 1.45. The van der Waals surface area contributed by atoms with E-state index in [9.17, 15) is 9.59 Å². The number of nitrogens with zero attached hydrogens (tertiary/aromatic N) is 4. The molecule has 1 heterocycles. The molecule has 0 fully saturated rings. The fourth-order valence-corrected chi connectivity index (χ4v) is 2.24. The highest BCUT2D eigenvalue weighted by molar-refractivity contribution is 6.33. The van der Waals surface area contributed by atoms with Crippen molar-refractivity contribution < 1.29 is 9.59 Å². The second-order valence-corrected chi connectivity index (χ2v) is 5.40. The smallest absolute Gasteiger partial charge is 0.271 e. The molecule has 2 aromatic carbocycles. The first-order valence-corrected chi connectivity index (χ1v) is 7.68. The minimum absolute atomic E-state index is 0.192. The van der Waals surface area contributed by atoms with E-state index in [1.807, 2.05) is 30.3 Å². The van der Waals surface area contributed by atoms with Crippen LogP contribution in [0.5, 0.6) is 0 Å². The van der Waals surface area contributed by atoms with Gasteiger partial charge in [-0.2, -0.15) is 4.80 Å². The van der Waals surface area contributed by atoms with E-state index in [0.29, 0.717) is 10.8 Å². The molecule has 8 nitrogen and oxygen atoms in total. The Morgan fingerprint density at radius 2 is 1.72 bits per heavy atom. The number of hydrogen-bond acceptors (Lipinski definition) is 5. The maximum atomic E-state index is 12.0. The van der Waals surface area contributed by atoms with Crippen molar-refractivity contribution in [3.8, 4) is 11.4 Å². The molecule has 1 aromatic heterocycles. The van der Waals surface area contributed by atoms with Gasteiger partial charge in [0.05, 0.1) is 10.6 Å². The van der Waals surface area contributed by atoms with Crippen LogP contribution >= 0.6 is 11.6 Å². The number of halogens is 1. The maximum absolute atomic E-state index is 12.0. The Labute approximate surface area is 147 Å². The Morgan fingerprint density at radius 1 is 1.00 bits per heavy atom. The molecule has 3 rings (SSSR count). The van der Waals surface area contributed by atoms with Gasteiger partial charge >= 0.3 is 0 Å². The molecule has 0 saturated heterocycles. The third-order valence-corrected chi connectivity index (χ3v) is 3.53. The van der Waals surface area contributed by atoms with Crippen LogP contribution in [0.25, 0.3) is 11.4 Å². The van der Waals surface area contributed by atoms with Crippen molar-refractivity contribution in [3.05, 3.63) is 65.2 Å². The van der Waals surface area contributed by atoms with Gasteiger partial charge in [-0.15, -0.1) is 10.2 Å². The number of aromatic nitrogens is 4. The molecule has 0 bridgehead atoms. The lowest BCUT2D eigenvalue weighted by Gasteiger charge is -2.07. The Kier molecular flexibility index (Phi) is 5.00. The molecule has 0 saturated carbocycles. The van der Waals surface area contributed by atoms with Crippen molar-refractivity contribution in [1.29, 1.82) is 0 Å². The van der Waals surface area contributed by atoms with Gasteiger partial charge in [-0.25, -0.2) is 0 Å². The first-order valence-electron chi connectivity index (χ1n) is 7.30. The van der Waals surface area contributed by atoms with Gasteiger partial charge in [0.15, 0.2) is 0 Å². The fraction of sp³-hybridized carbons (Fsp3) is 0.0625. The molecule has 25 heavy (non-hydrogen) atoms. The van der Waals surface area contributed by atoms with Crippen LogP contribution in [0, 0.1) is 0 Å². The topological polar surface area (TPSA) is 102 Å². The van der Waals surface area contributed by atoms with Crippen LogP contribution in [0.4, 0.5) is 0 Å². The fourth-order valence-electron chi connectivity index (χ4n) is 2.02. The summed E-state index contributed by atoms with van der Waals surface area (Å²) >= 11 is 5.92. The highest BCUT2D eigenvalue weighted by Gasteiger charge is 2.12. The third kappa shape index (κ3) is 4.18. The Balaban J connectivity index is 1.56. The third-order valence-electron chi connectivity index (χ3n) is 3.20. The zero-order valence-corrected chi connectivity index (χ0v) is 13.6. The van der Waals surface area contributed by atoms with E-state index in [0.717, 1.165) is 10.4 Å². The van der Waals surface area contributed by atoms with Gasteiger partial charge in [0, 0.05) is 5.56 Å². The minimum atomic E-state index is -0.518. The number of nitrogens with one attached hydrogen (secondary N) is 2. The molecule has 0 aliphatic heterocycles. The summed E-state index contributed by atoms with van der Waals surface area (Å²) in [6.45, 7) is -0.192. The van der Waals surface area contributed by atoms with Gasteiger partial charge in [0.25, 0.3) is 11.8 Å². The number of tetrazole rings is 1. The first kappa shape index (κ1) is 16.6. The van der Waals surface area contributed by atoms with Gasteiger partial charge in [0.1, 0.15) is 6.54 Å². The van der Waals surface area contributed by atoms with Crippen molar-refractivity contribution in [2.45, 2.75) is 6.54 Å². The minimum Gasteiger partial charge on any atom is -0.271 e. The lowest BCUT2D eigenvalue weighted by Crippen LogP contribution is -2.43. The van der Waals surface area contributed by atoms with Crippen LogP contribution in [0.3, 0.4) is 0 Å². The molecule has 0 radical (unpaired) electrons. The summed E-state index contributed by atoms with van der Waals surface area (Å²) < 4.78 is 0. The molecule has 0 aliphatic carbocycles. The number of hydrogen-bond donors (Lipinski definition) is 2. The normalized spacial score (nSPS) is 10.3. The number of amides is 2. The molecule has 3 aromatic rings. The molecule has 0 aliphatic rings. The van der Waals surface area contributed by atoms with E-state index in [-0.39, 0.29) is 12.1 Å². The van der Waals surface area contributed by atoms with Crippen molar-refractivity contribution in [3.63, 3.8) is 0 Å². The largest absolute Gasteiger partial charge is 0.271 e. The average Bonchev–Trinajstić information content (AvgIpc) is 3.09. The summed E-state index contributed by atoms with van der Waals surface area (Å²) in [7, 11) is 0. The van der Waals surface area contributed by atoms with Gasteiger partial charge in [-0.1, -0.05) is 54.1 Å². The highest BCUT2D eigenvalue weighted by atomic mass is 35.5. The van der Waals surface area contributed by atoms with Crippen LogP contribution < -0.4 is 10.9 Å². The second kappa shape index (κ2) is 7.54. The van der Waals surface area contributed by atoms with Gasteiger partial charge in [-0.3, -0.25) is 20.4 Å². The summed E-state index contributed by atoms with van der Waals surface area (Å²) in [6.07, 6.45) is 0. The average molecular weight is 357 g/mol. The van der Waals surface area contributed by atoms with Gasteiger partial charge < -0.3 is 0 Å². The molecule has 126 valence electrons. The molecule has 2 N–H and O–H groups in total. The molecule has 2 amide bonds. The quantitative estimate of drug-likeness (QED) is 0.689.